The zero-order chi connectivity index (χ0) is 16.8. The van der Waals surface area contributed by atoms with Crippen LogP contribution >= 0.6 is 36.4 Å². The van der Waals surface area contributed by atoms with Crippen molar-refractivity contribution < 1.29 is 9.53 Å². The molecule has 1 aromatic rings. The fraction of sp³-hybridized carbons (Fsp3) is 0.611. The van der Waals surface area contributed by atoms with Gasteiger partial charge in [-0.3, -0.25) is 9.69 Å². The molecule has 1 saturated carbocycles. The molecule has 8 heteroatoms. The molecule has 1 N–H and O–H groups in total. The molecule has 1 aromatic carbocycles. The van der Waals surface area contributed by atoms with E-state index in [1.54, 1.807) is 0 Å². The number of nitrogens with one attached hydrogen (secondary N) is 1. The third kappa shape index (κ3) is 7.89. The highest BCUT2D eigenvalue weighted by Crippen LogP contribution is 2.27. The molecule has 148 valence electrons. The van der Waals surface area contributed by atoms with Gasteiger partial charge >= 0.3 is 0 Å². The molecule has 2 fully saturated rings. The molecular weight excluding hydrogens is 397 g/mol. The average Bonchev–Trinajstić information content (AvgIpc) is 3.41. The Morgan fingerprint density at radius 1 is 1.12 bits per heavy atom. The number of amides is 1. The van der Waals surface area contributed by atoms with E-state index < -0.39 is 0 Å². The lowest BCUT2D eigenvalue weighted by Gasteiger charge is -2.34. The lowest BCUT2D eigenvalue weighted by molar-refractivity contribution is -0.132. The smallest absolute Gasteiger partial charge is 0.236 e. The molecule has 1 amide bonds. The van der Waals surface area contributed by atoms with Gasteiger partial charge in [-0.05, 0) is 49.6 Å². The van der Waals surface area contributed by atoms with Crippen LogP contribution in [0.5, 0.6) is 5.75 Å². The van der Waals surface area contributed by atoms with Crippen molar-refractivity contribution in [1.82, 2.24) is 15.1 Å². The number of carbonyl (C=O) groups is 1. The fourth-order valence-corrected chi connectivity index (χ4v) is 2.99. The van der Waals surface area contributed by atoms with Gasteiger partial charge in [0.25, 0.3) is 0 Å². The zero-order valence-electron chi connectivity index (χ0n) is 14.9. The van der Waals surface area contributed by atoms with Gasteiger partial charge in [0, 0.05) is 37.7 Å². The van der Waals surface area contributed by atoms with Crippen molar-refractivity contribution in [3.8, 4) is 5.75 Å². The molecule has 0 spiro atoms. The summed E-state index contributed by atoms with van der Waals surface area (Å²) in [7, 11) is 0. The minimum absolute atomic E-state index is 0. The van der Waals surface area contributed by atoms with Crippen LogP contribution in [0, 0.1) is 5.92 Å². The summed E-state index contributed by atoms with van der Waals surface area (Å²) in [6, 6.07) is 7.43. The normalized spacial score (nSPS) is 17.2. The minimum atomic E-state index is 0. The highest BCUT2D eigenvalue weighted by atomic mass is 35.5. The summed E-state index contributed by atoms with van der Waals surface area (Å²) in [5.41, 5.74) is 0. The van der Waals surface area contributed by atoms with Gasteiger partial charge in [0.05, 0.1) is 6.54 Å². The summed E-state index contributed by atoms with van der Waals surface area (Å²) in [5.74, 6) is 1.89. The summed E-state index contributed by atoms with van der Waals surface area (Å²) in [4.78, 5) is 16.5. The number of carbonyl (C=O) groups excluding carboxylic acids is 1. The first-order valence-electron chi connectivity index (χ1n) is 8.80. The Kier molecular flexibility index (Phi) is 10.7. The van der Waals surface area contributed by atoms with Crippen LogP contribution in [0.3, 0.4) is 0 Å². The molecule has 1 heterocycles. The standard InChI is InChI=1S/C18H26ClN3O2.2ClH/c19-16-3-5-17(6-4-16)24-12-11-21-7-9-22(10-8-21)18(23)14-20-13-15-1-2-15;;/h3-6,15,20H,1-2,7-14H2;2*1H. The highest BCUT2D eigenvalue weighted by molar-refractivity contribution is 6.30. The third-order valence-electron chi connectivity index (χ3n) is 4.62. The maximum Gasteiger partial charge on any atom is 0.236 e. The summed E-state index contributed by atoms with van der Waals surface area (Å²) < 4.78 is 5.73. The van der Waals surface area contributed by atoms with Gasteiger partial charge in [-0.15, -0.1) is 24.8 Å². The fourth-order valence-electron chi connectivity index (χ4n) is 2.86. The SMILES string of the molecule is Cl.Cl.O=C(CNCC1CC1)N1CCN(CCOc2ccc(Cl)cc2)CC1. The van der Waals surface area contributed by atoms with E-state index >= 15 is 0 Å². The first kappa shape index (κ1) is 23.3. The number of benzene rings is 1. The van der Waals surface area contributed by atoms with Gasteiger partial charge < -0.3 is 15.0 Å². The maximum absolute atomic E-state index is 12.1. The molecule has 0 atom stereocenters. The highest BCUT2D eigenvalue weighted by Gasteiger charge is 2.23. The van der Waals surface area contributed by atoms with Gasteiger partial charge in [0.1, 0.15) is 12.4 Å². The lowest BCUT2D eigenvalue weighted by Crippen LogP contribution is -2.51. The second kappa shape index (κ2) is 11.9. The molecular formula is C18H28Cl3N3O2. The van der Waals surface area contributed by atoms with E-state index in [1.165, 1.54) is 12.8 Å². The van der Waals surface area contributed by atoms with Crippen LogP contribution in [0.2, 0.25) is 5.02 Å². The predicted molar refractivity (Wildman–Crippen MR) is 110 cm³/mol. The van der Waals surface area contributed by atoms with E-state index in [0.29, 0.717) is 13.2 Å². The van der Waals surface area contributed by atoms with Crippen LogP contribution in [0.4, 0.5) is 0 Å². The minimum Gasteiger partial charge on any atom is -0.492 e. The van der Waals surface area contributed by atoms with Gasteiger partial charge in [-0.25, -0.2) is 0 Å². The molecule has 0 unspecified atom stereocenters. The first-order valence-corrected chi connectivity index (χ1v) is 9.18. The Hall–Kier alpha value is -0.720. The first-order chi connectivity index (χ1) is 11.7. The number of hydrogen-bond acceptors (Lipinski definition) is 4. The van der Waals surface area contributed by atoms with Gasteiger partial charge in [-0.1, -0.05) is 11.6 Å². The number of ether oxygens (including phenoxy) is 1. The van der Waals surface area contributed by atoms with Crippen LogP contribution in [0.25, 0.3) is 0 Å². The van der Waals surface area contributed by atoms with E-state index in [1.807, 2.05) is 29.2 Å². The van der Waals surface area contributed by atoms with Gasteiger partial charge in [0.2, 0.25) is 5.91 Å². The van der Waals surface area contributed by atoms with Crippen molar-refractivity contribution in [2.24, 2.45) is 5.92 Å². The molecule has 1 aliphatic heterocycles. The quantitative estimate of drug-likeness (QED) is 0.697. The Labute approximate surface area is 173 Å². The summed E-state index contributed by atoms with van der Waals surface area (Å²) in [6.45, 7) is 6.46. The monoisotopic (exact) mass is 423 g/mol. The lowest BCUT2D eigenvalue weighted by atomic mass is 10.3. The molecule has 0 bridgehead atoms. The van der Waals surface area contributed by atoms with Crippen molar-refractivity contribution in [2.75, 3.05) is 52.4 Å². The zero-order valence-corrected chi connectivity index (χ0v) is 17.3. The Bertz CT molecular complexity index is 533. The Balaban J connectivity index is 0.00000169. The molecule has 26 heavy (non-hydrogen) atoms. The maximum atomic E-state index is 12.1. The average molecular weight is 425 g/mol. The van der Waals surface area contributed by atoms with Crippen LogP contribution < -0.4 is 10.1 Å². The molecule has 3 rings (SSSR count). The van der Waals surface area contributed by atoms with Crippen molar-refractivity contribution >= 4 is 42.3 Å². The van der Waals surface area contributed by atoms with Crippen molar-refractivity contribution in [3.05, 3.63) is 29.3 Å². The molecule has 0 radical (unpaired) electrons. The molecule has 0 aromatic heterocycles. The van der Waals surface area contributed by atoms with Gasteiger partial charge in [-0.2, -0.15) is 0 Å². The summed E-state index contributed by atoms with van der Waals surface area (Å²) in [5, 5.41) is 4.00. The van der Waals surface area contributed by atoms with E-state index in [-0.39, 0.29) is 30.7 Å². The van der Waals surface area contributed by atoms with Crippen molar-refractivity contribution in [1.29, 1.82) is 0 Å². The Morgan fingerprint density at radius 3 is 2.38 bits per heavy atom. The largest absolute Gasteiger partial charge is 0.492 e. The number of halogens is 3. The van der Waals surface area contributed by atoms with E-state index in [9.17, 15) is 4.79 Å². The molecule has 2 aliphatic rings. The molecule has 1 aliphatic carbocycles. The predicted octanol–water partition coefficient (Wildman–Crippen LogP) is 2.71. The van der Waals surface area contributed by atoms with Crippen LogP contribution in [-0.4, -0.2) is 68.1 Å². The molecule has 5 nitrogen and oxygen atoms in total. The van der Waals surface area contributed by atoms with E-state index in [4.69, 9.17) is 16.3 Å². The third-order valence-corrected chi connectivity index (χ3v) is 4.87. The number of nitrogens with zero attached hydrogens (tertiary/aromatic N) is 2. The molecule has 1 saturated heterocycles. The van der Waals surface area contributed by atoms with Crippen molar-refractivity contribution in [3.63, 3.8) is 0 Å². The van der Waals surface area contributed by atoms with Crippen molar-refractivity contribution in [2.45, 2.75) is 12.8 Å². The van der Waals surface area contributed by atoms with E-state index in [0.717, 1.165) is 56.0 Å². The number of piperazine rings is 1. The van der Waals surface area contributed by atoms with Crippen LogP contribution in [0.1, 0.15) is 12.8 Å². The summed E-state index contributed by atoms with van der Waals surface area (Å²) >= 11 is 5.86. The van der Waals surface area contributed by atoms with E-state index in [2.05, 4.69) is 10.2 Å². The second-order valence-corrected chi connectivity index (χ2v) is 7.04. The Morgan fingerprint density at radius 2 is 1.77 bits per heavy atom. The van der Waals surface area contributed by atoms with Crippen LogP contribution in [-0.2, 0) is 4.79 Å². The topological polar surface area (TPSA) is 44.8 Å². The van der Waals surface area contributed by atoms with Gasteiger partial charge in [0.15, 0.2) is 0 Å². The second-order valence-electron chi connectivity index (χ2n) is 6.60. The summed E-state index contributed by atoms with van der Waals surface area (Å²) in [6.07, 6.45) is 2.63. The van der Waals surface area contributed by atoms with Crippen LogP contribution in [0.15, 0.2) is 24.3 Å². The number of rotatable bonds is 8. The number of hydrogen-bond donors (Lipinski definition) is 1.